The number of hydrogen-bond donors (Lipinski definition) is 2. The summed E-state index contributed by atoms with van der Waals surface area (Å²) in [6, 6.07) is 11.7. The Balaban J connectivity index is 1.69. The summed E-state index contributed by atoms with van der Waals surface area (Å²) < 4.78 is 37.7. The number of imide groups is 1. The van der Waals surface area contributed by atoms with Crippen LogP contribution in [-0.2, 0) is 21.3 Å². The Morgan fingerprint density at radius 2 is 1.68 bits per heavy atom. The van der Waals surface area contributed by atoms with E-state index in [0.717, 1.165) is 29.2 Å². The highest BCUT2D eigenvalue weighted by atomic mass is 19.4. The average Bonchev–Trinajstić information content (AvgIpc) is 2.86. The molecule has 1 atom stereocenters. The lowest BCUT2D eigenvalue weighted by Gasteiger charge is -2.22. The van der Waals surface area contributed by atoms with E-state index in [-0.39, 0.29) is 5.69 Å². The van der Waals surface area contributed by atoms with Crippen molar-refractivity contribution in [2.75, 3.05) is 11.9 Å². The predicted octanol–water partition coefficient (Wildman–Crippen LogP) is 3.11. The van der Waals surface area contributed by atoms with Gasteiger partial charge in [0.1, 0.15) is 12.1 Å². The van der Waals surface area contributed by atoms with Gasteiger partial charge in [0, 0.05) is 5.69 Å². The highest BCUT2D eigenvalue weighted by Crippen LogP contribution is 2.30. The molecule has 2 aromatic carbocycles. The molecule has 1 aliphatic heterocycles. The normalized spacial score (nSPS) is 19.5. The van der Waals surface area contributed by atoms with E-state index in [1.54, 1.807) is 30.3 Å². The second-order valence-corrected chi connectivity index (χ2v) is 6.44. The minimum Gasteiger partial charge on any atom is -0.325 e. The smallest absolute Gasteiger partial charge is 0.325 e. The molecule has 0 bridgehead atoms. The Bertz CT molecular complexity index is 914. The molecule has 3 rings (SSSR count). The van der Waals surface area contributed by atoms with Crippen molar-refractivity contribution in [3.8, 4) is 0 Å². The van der Waals surface area contributed by atoms with Crippen LogP contribution in [0, 0.1) is 0 Å². The predicted molar refractivity (Wildman–Crippen MR) is 94.1 cm³/mol. The molecule has 0 radical (unpaired) electrons. The van der Waals surface area contributed by atoms with Crippen molar-refractivity contribution in [2.45, 2.75) is 18.6 Å². The van der Waals surface area contributed by atoms with Crippen molar-refractivity contribution in [3.05, 3.63) is 65.7 Å². The topological polar surface area (TPSA) is 78.5 Å². The quantitative estimate of drug-likeness (QED) is 0.787. The van der Waals surface area contributed by atoms with E-state index in [0.29, 0.717) is 5.56 Å². The Kier molecular flexibility index (Phi) is 4.84. The van der Waals surface area contributed by atoms with E-state index in [9.17, 15) is 27.6 Å². The Labute approximate surface area is 158 Å². The number of anilines is 1. The molecule has 1 fully saturated rings. The Morgan fingerprint density at radius 3 is 2.25 bits per heavy atom. The molecule has 1 heterocycles. The second kappa shape index (κ2) is 6.99. The maximum Gasteiger partial charge on any atom is 0.416 e. The zero-order chi connectivity index (χ0) is 20.5. The molecule has 1 aliphatic rings. The van der Waals surface area contributed by atoms with Crippen LogP contribution >= 0.6 is 0 Å². The lowest BCUT2D eigenvalue weighted by Crippen LogP contribution is -2.42. The van der Waals surface area contributed by atoms with E-state index >= 15 is 0 Å². The summed E-state index contributed by atoms with van der Waals surface area (Å²) in [5.41, 5.74) is -1.46. The van der Waals surface area contributed by atoms with Crippen LogP contribution in [0.15, 0.2) is 54.6 Å². The fourth-order valence-electron chi connectivity index (χ4n) is 2.89. The maximum atomic E-state index is 12.7. The first-order valence-corrected chi connectivity index (χ1v) is 8.28. The zero-order valence-electron chi connectivity index (χ0n) is 14.7. The SMILES string of the molecule is C[C@]1(c2ccccc2)NC(=O)N(CC(=O)Nc2ccc(C(F)(F)F)cc2)C1=O. The Hall–Kier alpha value is -3.36. The van der Waals surface area contributed by atoms with Crippen LogP contribution in [0.3, 0.4) is 0 Å². The monoisotopic (exact) mass is 391 g/mol. The van der Waals surface area contributed by atoms with Gasteiger partial charge in [-0.25, -0.2) is 4.79 Å². The van der Waals surface area contributed by atoms with Gasteiger partial charge in [0.25, 0.3) is 5.91 Å². The maximum absolute atomic E-state index is 12.7. The van der Waals surface area contributed by atoms with E-state index in [2.05, 4.69) is 10.6 Å². The number of amides is 4. The zero-order valence-corrected chi connectivity index (χ0v) is 14.7. The number of rotatable bonds is 4. The van der Waals surface area contributed by atoms with E-state index < -0.39 is 41.7 Å². The minimum absolute atomic E-state index is 0.121. The number of halogens is 3. The van der Waals surface area contributed by atoms with Gasteiger partial charge >= 0.3 is 12.2 Å². The van der Waals surface area contributed by atoms with E-state index in [4.69, 9.17) is 0 Å². The molecule has 4 amide bonds. The first-order valence-electron chi connectivity index (χ1n) is 8.28. The van der Waals surface area contributed by atoms with Crippen LogP contribution in [-0.4, -0.2) is 29.3 Å². The standard InChI is InChI=1S/C19H16F3N3O3/c1-18(12-5-3-2-4-6-12)16(27)25(17(28)24-18)11-15(26)23-14-9-7-13(8-10-14)19(20,21)22/h2-10H,11H2,1H3,(H,23,26)(H,24,28)/t18-/m1/s1. The van der Waals surface area contributed by atoms with Crippen molar-refractivity contribution in [1.82, 2.24) is 10.2 Å². The third-order valence-electron chi connectivity index (χ3n) is 4.42. The van der Waals surface area contributed by atoms with Gasteiger partial charge in [-0.3, -0.25) is 14.5 Å². The lowest BCUT2D eigenvalue weighted by atomic mass is 9.92. The highest BCUT2D eigenvalue weighted by molar-refractivity contribution is 6.10. The number of benzene rings is 2. The van der Waals surface area contributed by atoms with Crippen LogP contribution < -0.4 is 10.6 Å². The summed E-state index contributed by atoms with van der Waals surface area (Å²) in [4.78, 5) is 37.9. The molecule has 2 aromatic rings. The Morgan fingerprint density at radius 1 is 1.07 bits per heavy atom. The number of nitrogens with one attached hydrogen (secondary N) is 2. The molecule has 0 aliphatic carbocycles. The molecular formula is C19H16F3N3O3. The molecule has 28 heavy (non-hydrogen) atoms. The van der Waals surface area contributed by atoms with Gasteiger partial charge in [-0.1, -0.05) is 30.3 Å². The van der Waals surface area contributed by atoms with Crippen LogP contribution in [0.4, 0.5) is 23.7 Å². The van der Waals surface area contributed by atoms with Crippen molar-refractivity contribution >= 4 is 23.5 Å². The van der Waals surface area contributed by atoms with Gasteiger partial charge in [-0.15, -0.1) is 0 Å². The molecule has 0 aromatic heterocycles. The van der Waals surface area contributed by atoms with Crippen LogP contribution in [0.25, 0.3) is 0 Å². The van der Waals surface area contributed by atoms with Crippen LogP contribution in [0.2, 0.25) is 0 Å². The summed E-state index contributed by atoms with van der Waals surface area (Å²) in [6.07, 6.45) is -4.48. The molecule has 2 N–H and O–H groups in total. The van der Waals surface area contributed by atoms with E-state index in [1.165, 1.54) is 6.92 Å². The van der Waals surface area contributed by atoms with Gasteiger partial charge in [-0.05, 0) is 36.8 Å². The highest BCUT2D eigenvalue weighted by Gasteiger charge is 2.49. The van der Waals surface area contributed by atoms with Crippen molar-refractivity contribution < 1.29 is 27.6 Å². The molecule has 0 spiro atoms. The van der Waals surface area contributed by atoms with Crippen molar-refractivity contribution in [2.24, 2.45) is 0 Å². The fraction of sp³-hybridized carbons (Fsp3) is 0.211. The average molecular weight is 391 g/mol. The summed E-state index contributed by atoms with van der Waals surface area (Å²) in [5.74, 6) is -1.30. The van der Waals surface area contributed by atoms with Crippen molar-refractivity contribution in [1.29, 1.82) is 0 Å². The molecule has 9 heteroatoms. The molecule has 0 unspecified atom stereocenters. The third kappa shape index (κ3) is 3.68. The number of nitrogens with zero attached hydrogens (tertiary/aromatic N) is 1. The summed E-state index contributed by atoms with van der Waals surface area (Å²) in [5, 5.41) is 4.95. The number of urea groups is 1. The number of hydrogen-bond acceptors (Lipinski definition) is 3. The molecule has 1 saturated heterocycles. The summed E-state index contributed by atoms with van der Waals surface area (Å²) >= 11 is 0. The van der Waals surface area contributed by atoms with Gasteiger partial charge in [0.15, 0.2) is 0 Å². The van der Waals surface area contributed by atoms with Gasteiger partial charge in [-0.2, -0.15) is 13.2 Å². The van der Waals surface area contributed by atoms with Gasteiger partial charge < -0.3 is 10.6 Å². The van der Waals surface area contributed by atoms with Crippen LogP contribution in [0.1, 0.15) is 18.1 Å². The second-order valence-electron chi connectivity index (χ2n) is 6.44. The van der Waals surface area contributed by atoms with E-state index in [1.807, 2.05) is 0 Å². The molecule has 146 valence electrons. The minimum atomic E-state index is -4.48. The fourth-order valence-corrected chi connectivity index (χ4v) is 2.89. The summed E-state index contributed by atoms with van der Waals surface area (Å²) in [7, 11) is 0. The molecule has 0 saturated carbocycles. The first kappa shape index (κ1) is 19.4. The lowest BCUT2D eigenvalue weighted by molar-refractivity contribution is -0.137. The van der Waals surface area contributed by atoms with Gasteiger partial charge in [0.05, 0.1) is 5.56 Å². The van der Waals surface area contributed by atoms with Crippen molar-refractivity contribution in [3.63, 3.8) is 0 Å². The largest absolute Gasteiger partial charge is 0.416 e. The molecule has 6 nitrogen and oxygen atoms in total. The number of carbonyl (C=O) groups is 3. The summed E-state index contributed by atoms with van der Waals surface area (Å²) in [6.45, 7) is 0.977. The van der Waals surface area contributed by atoms with Crippen LogP contribution in [0.5, 0.6) is 0 Å². The molecular weight excluding hydrogens is 375 g/mol. The van der Waals surface area contributed by atoms with Gasteiger partial charge in [0.2, 0.25) is 5.91 Å². The third-order valence-corrected chi connectivity index (χ3v) is 4.42. The first-order chi connectivity index (χ1) is 13.1. The number of alkyl halides is 3. The number of carbonyl (C=O) groups excluding carboxylic acids is 3.